The molecule has 0 saturated heterocycles. The number of fused-ring (bicyclic) bond motifs is 3. The smallest absolute Gasteiger partial charge is 0.263 e. The first kappa shape index (κ1) is 10.7. The Balaban J connectivity index is 2.72. The van der Waals surface area contributed by atoms with Crippen molar-refractivity contribution in [2.24, 2.45) is 7.05 Å². The van der Waals surface area contributed by atoms with Gasteiger partial charge in [0.25, 0.3) is 5.56 Å². The number of anilines is 1. The van der Waals surface area contributed by atoms with Crippen LogP contribution in [-0.2, 0) is 7.05 Å². The molecule has 0 saturated carbocycles. The monoisotopic (exact) mass is 240 g/mol. The van der Waals surface area contributed by atoms with Crippen molar-refractivity contribution in [1.82, 2.24) is 14.5 Å². The van der Waals surface area contributed by atoms with Crippen molar-refractivity contribution in [2.45, 2.75) is 6.92 Å². The molecule has 2 N–H and O–H groups in total. The number of para-hydroxylation sites is 1. The summed E-state index contributed by atoms with van der Waals surface area (Å²) in [6.45, 7) is 1.83. The van der Waals surface area contributed by atoms with Gasteiger partial charge in [0.2, 0.25) is 5.95 Å². The molecule has 1 aromatic carbocycles. The summed E-state index contributed by atoms with van der Waals surface area (Å²) in [6, 6.07) is 7.55. The molecule has 0 amide bonds. The minimum absolute atomic E-state index is 0.140. The SMILES string of the molecule is Cc1nc2ccccc2c2c(=O)n(C)c(N)nc12. The molecule has 0 spiro atoms. The number of nitrogens with zero attached hydrogens (tertiary/aromatic N) is 3. The average molecular weight is 240 g/mol. The van der Waals surface area contributed by atoms with E-state index in [2.05, 4.69) is 9.97 Å². The number of benzene rings is 1. The molecule has 3 rings (SSSR count). The molecule has 0 bridgehead atoms. The number of pyridine rings is 1. The van der Waals surface area contributed by atoms with Crippen LogP contribution < -0.4 is 11.3 Å². The van der Waals surface area contributed by atoms with Gasteiger partial charge in [-0.15, -0.1) is 0 Å². The number of nitrogen functional groups attached to an aromatic ring is 1. The van der Waals surface area contributed by atoms with Crippen LogP contribution >= 0.6 is 0 Å². The molecule has 0 radical (unpaired) electrons. The Hall–Kier alpha value is -2.43. The third kappa shape index (κ3) is 1.30. The Bertz CT molecular complexity index is 836. The Labute approximate surface area is 103 Å². The van der Waals surface area contributed by atoms with Crippen molar-refractivity contribution in [3.63, 3.8) is 0 Å². The van der Waals surface area contributed by atoms with E-state index in [0.717, 1.165) is 10.9 Å². The maximum Gasteiger partial charge on any atom is 0.263 e. The quantitative estimate of drug-likeness (QED) is 0.602. The van der Waals surface area contributed by atoms with Crippen LogP contribution in [0.5, 0.6) is 0 Å². The molecule has 2 aromatic heterocycles. The van der Waals surface area contributed by atoms with E-state index in [1.54, 1.807) is 7.05 Å². The highest BCUT2D eigenvalue weighted by Gasteiger charge is 2.12. The predicted octanol–water partition coefficient (Wildman–Crippen LogP) is 1.37. The van der Waals surface area contributed by atoms with Gasteiger partial charge in [-0.25, -0.2) is 4.98 Å². The molecule has 0 unspecified atom stereocenters. The van der Waals surface area contributed by atoms with Crippen LogP contribution in [0.25, 0.3) is 21.8 Å². The summed E-state index contributed by atoms with van der Waals surface area (Å²) >= 11 is 0. The summed E-state index contributed by atoms with van der Waals surface area (Å²) in [5, 5.41) is 1.39. The first-order valence-electron chi connectivity index (χ1n) is 5.61. The highest BCUT2D eigenvalue weighted by atomic mass is 16.1. The molecule has 3 aromatic rings. The lowest BCUT2D eigenvalue weighted by Gasteiger charge is -2.08. The average Bonchev–Trinajstić information content (AvgIpc) is 2.36. The molecule has 90 valence electrons. The van der Waals surface area contributed by atoms with E-state index in [9.17, 15) is 4.79 Å². The van der Waals surface area contributed by atoms with E-state index in [1.165, 1.54) is 4.57 Å². The summed E-state index contributed by atoms with van der Waals surface area (Å²) < 4.78 is 1.36. The van der Waals surface area contributed by atoms with Crippen LogP contribution in [-0.4, -0.2) is 14.5 Å². The zero-order valence-electron chi connectivity index (χ0n) is 10.1. The molecule has 2 heterocycles. The van der Waals surface area contributed by atoms with Crippen molar-refractivity contribution in [1.29, 1.82) is 0 Å². The topological polar surface area (TPSA) is 73.8 Å². The number of aromatic nitrogens is 3. The molecular formula is C13H12N4O. The number of hydrogen-bond donors (Lipinski definition) is 1. The molecule has 0 aliphatic carbocycles. The van der Waals surface area contributed by atoms with Crippen molar-refractivity contribution in [2.75, 3.05) is 5.73 Å². The molecule has 0 aliphatic heterocycles. The maximum atomic E-state index is 12.3. The highest BCUT2D eigenvalue weighted by molar-refractivity contribution is 6.04. The van der Waals surface area contributed by atoms with Gasteiger partial charge >= 0.3 is 0 Å². The minimum Gasteiger partial charge on any atom is -0.369 e. The van der Waals surface area contributed by atoms with Crippen LogP contribution in [0.3, 0.4) is 0 Å². The van der Waals surface area contributed by atoms with Crippen molar-refractivity contribution >= 4 is 27.8 Å². The van der Waals surface area contributed by atoms with Gasteiger partial charge in [0.15, 0.2) is 0 Å². The lowest BCUT2D eigenvalue weighted by Crippen LogP contribution is -2.22. The highest BCUT2D eigenvalue weighted by Crippen LogP contribution is 2.22. The molecule has 0 aliphatic rings. The summed E-state index contributed by atoms with van der Waals surface area (Å²) in [6.07, 6.45) is 0. The largest absolute Gasteiger partial charge is 0.369 e. The Kier molecular flexibility index (Phi) is 2.10. The van der Waals surface area contributed by atoms with Gasteiger partial charge in [0.05, 0.1) is 16.6 Å². The van der Waals surface area contributed by atoms with Crippen LogP contribution in [0.15, 0.2) is 29.1 Å². The maximum absolute atomic E-state index is 12.3. The molecule has 18 heavy (non-hydrogen) atoms. The van der Waals surface area contributed by atoms with Crippen molar-refractivity contribution in [3.05, 3.63) is 40.3 Å². The summed E-state index contributed by atoms with van der Waals surface area (Å²) in [5.41, 5.74) is 7.68. The van der Waals surface area contributed by atoms with E-state index in [0.29, 0.717) is 16.6 Å². The normalized spacial score (nSPS) is 11.2. The lowest BCUT2D eigenvalue weighted by atomic mass is 10.1. The summed E-state index contributed by atoms with van der Waals surface area (Å²) in [4.78, 5) is 21.0. The van der Waals surface area contributed by atoms with Gasteiger partial charge < -0.3 is 5.73 Å². The van der Waals surface area contributed by atoms with Gasteiger partial charge in [0.1, 0.15) is 5.52 Å². The van der Waals surface area contributed by atoms with E-state index in [4.69, 9.17) is 5.73 Å². The summed E-state index contributed by atoms with van der Waals surface area (Å²) in [5.74, 6) is 0.202. The van der Waals surface area contributed by atoms with Crippen LogP contribution in [0.4, 0.5) is 5.95 Å². The van der Waals surface area contributed by atoms with Crippen molar-refractivity contribution < 1.29 is 0 Å². The zero-order chi connectivity index (χ0) is 12.9. The van der Waals surface area contributed by atoms with Crippen LogP contribution in [0.2, 0.25) is 0 Å². The van der Waals surface area contributed by atoms with Gasteiger partial charge in [-0.2, -0.15) is 0 Å². The molecular weight excluding hydrogens is 228 g/mol. The standard InChI is InChI=1S/C13H12N4O/c1-7-11-10(12(18)17(2)13(14)16-11)8-5-3-4-6-9(8)15-7/h3-6H,1-2H3,(H2,14,16). The second-order valence-electron chi connectivity index (χ2n) is 4.27. The molecule has 5 nitrogen and oxygen atoms in total. The van der Waals surface area contributed by atoms with E-state index >= 15 is 0 Å². The lowest BCUT2D eigenvalue weighted by molar-refractivity contribution is 0.861. The molecule has 0 fully saturated rings. The first-order valence-corrected chi connectivity index (χ1v) is 5.61. The fourth-order valence-corrected chi connectivity index (χ4v) is 2.14. The zero-order valence-corrected chi connectivity index (χ0v) is 10.1. The first-order chi connectivity index (χ1) is 8.59. The molecule has 5 heteroatoms. The second kappa shape index (κ2) is 3.53. The third-order valence-electron chi connectivity index (χ3n) is 3.13. The van der Waals surface area contributed by atoms with Gasteiger partial charge in [-0.1, -0.05) is 18.2 Å². The van der Waals surface area contributed by atoms with Gasteiger partial charge in [-0.3, -0.25) is 14.3 Å². The fraction of sp³-hybridized carbons (Fsp3) is 0.154. The predicted molar refractivity (Wildman–Crippen MR) is 71.4 cm³/mol. The minimum atomic E-state index is -0.140. The van der Waals surface area contributed by atoms with Gasteiger partial charge in [-0.05, 0) is 13.0 Å². The summed E-state index contributed by atoms with van der Waals surface area (Å²) in [7, 11) is 1.62. The Morgan fingerprint density at radius 1 is 1.22 bits per heavy atom. The van der Waals surface area contributed by atoms with Crippen LogP contribution in [0, 0.1) is 6.92 Å². The third-order valence-corrected chi connectivity index (χ3v) is 3.13. The van der Waals surface area contributed by atoms with E-state index in [-0.39, 0.29) is 11.5 Å². The fourth-order valence-electron chi connectivity index (χ4n) is 2.14. The number of aryl methyl sites for hydroxylation is 1. The van der Waals surface area contributed by atoms with E-state index in [1.807, 2.05) is 31.2 Å². The number of hydrogen-bond acceptors (Lipinski definition) is 4. The second-order valence-corrected chi connectivity index (χ2v) is 4.27. The van der Waals surface area contributed by atoms with Gasteiger partial charge in [0, 0.05) is 12.4 Å². The number of nitrogens with two attached hydrogens (primary N) is 1. The molecule has 0 atom stereocenters. The number of rotatable bonds is 0. The van der Waals surface area contributed by atoms with Crippen LogP contribution in [0.1, 0.15) is 5.69 Å². The van der Waals surface area contributed by atoms with Crippen molar-refractivity contribution in [3.8, 4) is 0 Å². The van der Waals surface area contributed by atoms with E-state index < -0.39 is 0 Å². The Morgan fingerprint density at radius 3 is 2.72 bits per heavy atom. The Morgan fingerprint density at radius 2 is 1.94 bits per heavy atom.